The third kappa shape index (κ3) is 2.62. The van der Waals surface area contributed by atoms with E-state index in [0.717, 1.165) is 25.3 Å². The van der Waals surface area contributed by atoms with Gasteiger partial charge in [0.25, 0.3) is 0 Å². The SMILES string of the molecule is Cc1nn(C)cc1C(C)NC1CCCOC1. The first-order valence-corrected chi connectivity index (χ1v) is 6.00. The molecule has 2 heterocycles. The van der Waals surface area contributed by atoms with Crippen LogP contribution in [0.2, 0.25) is 0 Å². The molecule has 1 fully saturated rings. The Morgan fingerprint density at radius 2 is 2.44 bits per heavy atom. The first-order chi connectivity index (χ1) is 7.66. The summed E-state index contributed by atoms with van der Waals surface area (Å²) in [6.45, 7) is 6.01. The van der Waals surface area contributed by atoms with Gasteiger partial charge in [0.05, 0.1) is 12.3 Å². The summed E-state index contributed by atoms with van der Waals surface area (Å²) in [5.41, 5.74) is 2.40. The molecular weight excluding hydrogens is 202 g/mol. The zero-order chi connectivity index (χ0) is 11.5. The van der Waals surface area contributed by atoms with Crippen molar-refractivity contribution in [1.82, 2.24) is 15.1 Å². The monoisotopic (exact) mass is 223 g/mol. The number of aryl methyl sites for hydroxylation is 2. The Balaban J connectivity index is 1.96. The van der Waals surface area contributed by atoms with Crippen molar-refractivity contribution >= 4 is 0 Å². The Morgan fingerprint density at radius 1 is 1.62 bits per heavy atom. The largest absolute Gasteiger partial charge is 0.380 e. The molecule has 4 heteroatoms. The number of hydrogen-bond donors (Lipinski definition) is 1. The third-order valence-corrected chi connectivity index (χ3v) is 3.16. The summed E-state index contributed by atoms with van der Waals surface area (Å²) in [7, 11) is 1.97. The van der Waals surface area contributed by atoms with E-state index in [0.29, 0.717) is 12.1 Å². The second-order valence-corrected chi connectivity index (χ2v) is 4.65. The predicted octanol–water partition coefficient (Wildman–Crippen LogP) is 1.56. The van der Waals surface area contributed by atoms with Gasteiger partial charge < -0.3 is 10.1 Å². The van der Waals surface area contributed by atoms with Gasteiger partial charge in [0.15, 0.2) is 0 Å². The van der Waals surface area contributed by atoms with Crippen LogP contribution in [0, 0.1) is 6.92 Å². The molecule has 90 valence electrons. The highest BCUT2D eigenvalue weighted by Crippen LogP contribution is 2.18. The topological polar surface area (TPSA) is 39.1 Å². The molecule has 1 aromatic heterocycles. The smallest absolute Gasteiger partial charge is 0.0641 e. The lowest BCUT2D eigenvalue weighted by Crippen LogP contribution is -2.38. The minimum Gasteiger partial charge on any atom is -0.380 e. The van der Waals surface area contributed by atoms with Gasteiger partial charge in [0, 0.05) is 37.5 Å². The molecule has 4 nitrogen and oxygen atoms in total. The Kier molecular flexibility index (Phi) is 3.61. The number of nitrogens with zero attached hydrogens (tertiary/aromatic N) is 2. The van der Waals surface area contributed by atoms with Crippen molar-refractivity contribution in [2.45, 2.75) is 38.8 Å². The molecule has 0 aromatic carbocycles. The fraction of sp³-hybridized carbons (Fsp3) is 0.750. The lowest BCUT2D eigenvalue weighted by Gasteiger charge is -2.26. The molecule has 1 saturated heterocycles. The Hall–Kier alpha value is -0.870. The highest BCUT2D eigenvalue weighted by atomic mass is 16.5. The van der Waals surface area contributed by atoms with Gasteiger partial charge in [-0.1, -0.05) is 0 Å². The van der Waals surface area contributed by atoms with E-state index in [1.165, 1.54) is 12.0 Å². The Morgan fingerprint density at radius 3 is 3.00 bits per heavy atom. The zero-order valence-electron chi connectivity index (χ0n) is 10.4. The van der Waals surface area contributed by atoms with Gasteiger partial charge >= 0.3 is 0 Å². The van der Waals surface area contributed by atoms with Gasteiger partial charge in [-0.3, -0.25) is 4.68 Å². The highest BCUT2D eigenvalue weighted by Gasteiger charge is 2.18. The number of aromatic nitrogens is 2. The third-order valence-electron chi connectivity index (χ3n) is 3.16. The van der Waals surface area contributed by atoms with Crippen LogP contribution in [0.3, 0.4) is 0 Å². The van der Waals surface area contributed by atoms with E-state index >= 15 is 0 Å². The van der Waals surface area contributed by atoms with Crippen LogP contribution in [0.1, 0.15) is 37.1 Å². The summed E-state index contributed by atoms with van der Waals surface area (Å²) in [5.74, 6) is 0. The molecule has 0 aliphatic carbocycles. The van der Waals surface area contributed by atoms with Gasteiger partial charge in [-0.05, 0) is 26.7 Å². The van der Waals surface area contributed by atoms with Crippen LogP contribution in [-0.4, -0.2) is 29.0 Å². The van der Waals surface area contributed by atoms with Crippen LogP contribution >= 0.6 is 0 Å². The second-order valence-electron chi connectivity index (χ2n) is 4.65. The highest BCUT2D eigenvalue weighted by molar-refractivity contribution is 5.19. The minimum atomic E-state index is 0.348. The molecule has 0 radical (unpaired) electrons. The van der Waals surface area contributed by atoms with Crippen LogP contribution in [-0.2, 0) is 11.8 Å². The number of hydrogen-bond acceptors (Lipinski definition) is 3. The fourth-order valence-electron chi connectivity index (χ4n) is 2.36. The molecule has 2 rings (SSSR count). The van der Waals surface area contributed by atoms with Gasteiger partial charge in [-0.25, -0.2) is 0 Å². The summed E-state index contributed by atoms with van der Waals surface area (Å²) in [6, 6.07) is 0.837. The average molecular weight is 223 g/mol. The Bertz CT molecular complexity index is 342. The molecular formula is C12H21N3O. The van der Waals surface area contributed by atoms with Crippen LogP contribution in [0.4, 0.5) is 0 Å². The van der Waals surface area contributed by atoms with Crippen molar-refractivity contribution < 1.29 is 4.74 Å². The molecule has 0 saturated carbocycles. The maximum atomic E-state index is 5.47. The lowest BCUT2D eigenvalue weighted by atomic mass is 10.1. The number of nitrogens with one attached hydrogen (secondary N) is 1. The molecule has 2 unspecified atom stereocenters. The van der Waals surface area contributed by atoms with Gasteiger partial charge in [0.2, 0.25) is 0 Å². The average Bonchev–Trinajstić information content (AvgIpc) is 2.59. The van der Waals surface area contributed by atoms with Crippen molar-refractivity contribution in [3.05, 3.63) is 17.5 Å². The zero-order valence-corrected chi connectivity index (χ0v) is 10.4. The van der Waals surface area contributed by atoms with E-state index in [2.05, 4.69) is 30.5 Å². The predicted molar refractivity (Wildman–Crippen MR) is 63.3 cm³/mol. The van der Waals surface area contributed by atoms with E-state index in [-0.39, 0.29) is 0 Å². The first kappa shape index (κ1) is 11.6. The molecule has 0 spiro atoms. The molecule has 0 amide bonds. The van der Waals surface area contributed by atoms with Crippen molar-refractivity contribution in [3.63, 3.8) is 0 Å². The molecule has 1 aliphatic heterocycles. The second kappa shape index (κ2) is 4.97. The first-order valence-electron chi connectivity index (χ1n) is 6.00. The summed E-state index contributed by atoms with van der Waals surface area (Å²) >= 11 is 0. The molecule has 1 aromatic rings. The van der Waals surface area contributed by atoms with Crippen LogP contribution in [0.15, 0.2) is 6.20 Å². The van der Waals surface area contributed by atoms with Gasteiger partial charge in [0.1, 0.15) is 0 Å². The van der Waals surface area contributed by atoms with E-state index in [9.17, 15) is 0 Å². The number of ether oxygens (including phenoxy) is 1. The number of rotatable bonds is 3. The maximum Gasteiger partial charge on any atom is 0.0641 e. The molecule has 0 bridgehead atoms. The lowest BCUT2D eigenvalue weighted by molar-refractivity contribution is 0.0670. The standard InChI is InChI=1S/C12H21N3O/c1-9(12-7-15(3)14-10(12)2)13-11-5-4-6-16-8-11/h7,9,11,13H,4-6,8H2,1-3H3. The van der Waals surface area contributed by atoms with Crippen LogP contribution < -0.4 is 5.32 Å². The fourth-order valence-corrected chi connectivity index (χ4v) is 2.36. The van der Waals surface area contributed by atoms with Gasteiger partial charge in [-0.2, -0.15) is 5.10 Å². The summed E-state index contributed by atoms with van der Waals surface area (Å²) < 4.78 is 7.35. The van der Waals surface area contributed by atoms with Crippen molar-refractivity contribution in [1.29, 1.82) is 0 Å². The van der Waals surface area contributed by atoms with Gasteiger partial charge in [-0.15, -0.1) is 0 Å². The molecule has 1 N–H and O–H groups in total. The van der Waals surface area contributed by atoms with Crippen molar-refractivity contribution in [3.8, 4) is 0 Å². The molecule has 1 aliphatic rings. The van der Waals surface area contributed by atoms with Crippen LogP contribution in [0.5, 0.6) is 0 Å². The van der Waals surface area contributed by atoms with E-state index in [1.54, 1.807) is 0 Å². The maximum absolute atomic E-state index is 5.47. The van der Waals surface area contributed by atoms with Crippen molar-refractivity contribution in [2.24, 2.45) is 7.05 Å². The van der Waals surface area contributed by atoms with Crippen molar-refractivity contribution in [2.75, 3.05) is 13.2 Å². The molecule has 2 atom stereocenters. The van der Waals surface area contributed by atoms with E-state index in [4.69, 9.17) is 4.74 Å². The van der Waals surface area contributed by atoms with Crippen LogP contribution in [0.25, 0.3) is 0 Å². The molecule has 16 heavy (non-hydrogen) atoms. The normalized spacial score (nSPS) is 23.3. The van der Waals surface area contributed by atoms with E-state index < -0.39 is 0 Å². The van der Waals surface area contributed by atoms with E-state index in [1.807, 2.05) is 11.7 Å². The minimum absolute atomic E-state index is 0.348. The Labute approximate surface area is 97.0 Å². The summed E-state index contributed by atoms with van der Waals surface area (Å²) in [6.07, 6.45) is 4.47. The summed E-state index contributed by atoms with van der Waals surface area (Å²) in [5, 5.41) is 7.98. The summed E-state index contributed by atoms with van der Waals surface area (Å²) in [4.78, 5) is 0. The quantitative estimate of drug-likeness (QED) is 0.845.